The highest BCUT2D eigenvalue weighted by molar-refractivity contribution is 5.78. The van der Waals surface area contributed by atoms with E-state index in [0.717, 1.165) is 32.6 Å². The number of hydrogen-bond donors (Lipinski definition) is 0. The molecule has 3 nitrogen and oxygen atoms in total. The molecule has 0 spiro atoms. The molecule has 1 rings (SSSR count). The summed E-state index contributed by atoms with van der Waals surface area (Å²) in [5, 5.41) is 0. The van der Waals surface area contributed by atoms with Gasteiger partial charge in [-0.2, -0.15) is 0 Å². The van der Waals surface area contributed by atoms with E-state index in [9.17, 15) is 4.79 Å². The first kappa shape index (κ1) is 14.5. The summed E-state index contributed by atoms with van der Waals surface area (Å²) < 4.78 is 0. The maximum absolute atomic E-state index is 12.1. The summed E-state index contributed by atoms with van der Waals surface area (Å²) in [4.78, 5) is 16.6. The molecule has 0 aromatic heterocycles. The zero-order valence-electron chi connectivity index (χ0n) is 11.9. The monoisotopic (exact) mass is 240 g/mol. The maximum atomic E-state index is 12.1. The molecule has 0 bridgehead atoms. The van der Waals surface area contributed by atoms with Crippen LogP contribution in [-0.2, 0) is 4.79 Å². The van der Waals surface area contributed by atoms with E-state index >= 15 is 0 Å². The van der Waals surface area contributed by atoms with E-state index in [1.165, 1.54) is 12.8 Å². The van der Waals surface area contributed by atoms with Crippen LogP contribution in [0.25, 0.3) is 0 Å². The predicted molar refractivity (Wildman–Crippen MR) is 72.0 cm³/mol. The first-order valence-electron chi connectivity index (χ1n) is 7.16. The molecule has 1 aliphatic rings. The zero-order valence-corrected chi connectivity index (χ0v) is 11.9. The van der Waals surface area contributed by atoms with Crippen LogP contribution in [0.1, 0.15) is 47.0 Å². The SMILES string of the molecule is CCC(C)C(=O)N1CCN(C(CC)CC)CC1. The lowest BCUT2D eigenvalue weighted by Gasteiger charge is -2.39. The summed E-state index contributed by atoms with van der Waals surface area (Å²) in [5.74, 6) is 0.534. The topological polar surface area (TPSA) is 23.6 Å². The third kappa shape index (κ3) is 3.70. The van der Waals surface area contributed by atoms with Crippen LogP contribution in [0.4, 0.5) is 0 Å². The Morgan fingerprint density at radius 2 is 1.53 bits per heavy atom. The van der Waals surface area contributed by atoms with Crippen LogP contribution in [0.3, 0.4) is 0 Å². The first-order chi connectivity index (χ1) is 8.13. The van der Waals surface area contributed by atoms with E-state index in [4.69, 9.17) is 0 Å². The van der Waals surface area contributed by atoms with Crippen LogP contribution in [0, 0.1) is 5.92 Å². The third-order valence-electron chi connectivity index (χ3n) is 4.12. The largest absolute Gasteiger partial charge is 0.340 e. The molecule has 0 aromatic carbocycles. The number of rotatable bonds is 5. The van der Waals surface area contributed by atoms with Crippen LogP contribution >= 0.6 is 0 Å². The van der Waals surface area contributed by atoms with Gasteiger partial charge >= 0.3 is 0 Å². The zero-order chi connectivity index (χ0) is 12.8. The Hall–Kier alpha value is -0.570. The molecule has 3 heteroatoms. The van der Waals surface area contributed by atoms with Crippen LogP contribution in [0.5, 0.6) is 0 Å². The fraction of sp³-hybridized carbons (Fsp3) is 0.929. The molecule has 100 valence electrons. The summed E-state index contributed by atoms with van der Waals surface area (Å²) in [5.41, 5.74) is 0. The van der Waals surface area contributed by atoms with Gasteiger partial charge in [0.05, 0.1) is 0 Å². The predicted octanol–water partition coefficient (Wildman–Crippen LogP) is 2.37. The first-order valence-corrected chi connectivity index (χ1v) is 7.16. The van der Waals surface area contributed by atoms with Gasteiger partial charge in [-0.15, -0.1) is 0 Å². The molecule has 0 N–H and O–H groups in total. The van der Waals surface area contributed by atoms with Crippen molar-refractivity contribution in [2.24, 2.45) is 5.92 Å². The van der Waals surface area contributed by atoms with Gasteiger partial charge in [-0.1, -0.05) is 27.7 Å². The van der Waals surface area contributed by atoms with Crippen LogP contribution in [0.2, 0.25) is 0 Å². The molecular weight excluding hydrogens is 212 g/mol. The van der Waals surface area contributed by atoms with Gasteiger partial charge in [-0.05, 0) is 19.3 Å². The fourth-order valence-electron chi connectivity index (χ4n) is 2.60. The van der Waals surface area contributed by atoms with Gasteiger partial charge < -0.3 is 4.90 Å². The highest BCUT2D eigenvalue weighted by atomic mass is 16.2. The van der Waals surface area contributed by atoms with Crippen molar-refractivity contribution in [2.75, 3.05) is 26.2 Å². The standard InChI is InChI=1S/C14H28N2O/c1-5-12(4)14(17)16-10-8-15(9-11-16)13(6-2)7-3/h12-13H,5-11H2,1-4H3. The number of hydrogen-bond acceptors (Lipinski definition) is 2. The van der Waals surface area contributed by atoms with E-state index in [2.05, 4.69) is 25.7 Å². The van der Waals surface area contributed by atoms with Crippen molar-refractivity contribution < 1.29 is 4.79 Å². The highest BCUT2D eigenvalue weighted by Gasteiger charge is 2.26. The minimum atomic E-state index is 0.190. The molecule has 0 aliphatic carbocycles. The second kappa shape index (κ2) is 7.00. The Morgan fingerprint density at radius 3 is 1.94 bits per heavy atom. The lowest BCUT2D eigenvalue weighted by Crippen LogP contribution is -2.52. The molecule has 1 saturated heterocycles. The molecule has 17 heavy (non-hydrogen) atoms. The summed E-state index contributed by atoms with van der Waals surface area (Å²) in [6.07, 6.45) is 3.39. The minimum Gasteiger partial charge on any atom is -0.340 e. The molecule has 1 heterocycles. The number of nitrogens with zero attached hydrogens (tertiary/aromatic N) is 2. The van der Waals surface area contributed by atoms with Crippen LogP contribution < -0.4 is 0 Å². The van der Waals surface area contributed by atoms with Crippen molar-refractivity contribution in [1.29, 1.82) is 0 Å². The van der Waals surface area contributed by atoms with Gasteiger partial charge in [0.15, 0.2) is 0 Å². The lowest BCUT2D eigenvalue weighted by atomic mass is 10.1. The fourth-order valence-corrected chi connectivity index (χ4v) is 2.60. The second-order valence-electron chi connectivity index (χ2n) is 5.14. The number of carbonyl (C=O) groups is 1. The van der Waals surface area contributed by atoms with Crippen LogP contribution in [0.15, 0.2) is 0 Å². The highest BCUT2D eigenvalue weighted by Crippen LogP contribution is 2.14. The van der Waals surface area contributed by atoms with Crippen molar-refractivity contribution in [2.45, 2.75) is 53.0 Å². The van der Waals surface area contributed by atoms with Gasteiger partial charge in [-0.3, -0.25) is 9.69 Å². The Balaban J connectivity index is 2.42. The molecular formula is C14H28N2O. The minimum absolute atomic E-state index is 0.190. The average Bonchev–Trinajstić information content (AvgIpc) is 2.39. The van der Waals surface area contributed by atoms with Crippen molar-refractivity contribution in [3.8, 4) is 0 Å². The molecule has 1 unspecified atom stereocenters. The van der Waals surface area contributed by atoms with Gasteiger partial charge in [-0.25, -0.2) is 0 Å². The van der Waals surface area contributed by atoms with Gasteiger partial charge in [0.25, 0.3) is 0 Å². The smallest absolute Gasteiger partial charge is 0.225 e. The molecule has 1 aliphatic heterocycles. The second-order valence-corrected chi connectivity index (χ2v) is 5.14. The normalized spacial score (nSPS) is 19.7. The van der Waals surface area contributed by atoms with Gasteiger partial charge in [0, 0.05) is 38.1 Å². The van der Waals surface area contributed by atoms with Crippen molar-refractivity contribution in [3.05, 3.63) is 0 Å². The summed E-state index contributed by atoms with van der Waals surface area (Å²) in [7, 11) is 0. The van der Waals surface area contributed by atoms with Gasteiger partial charge in [0.2, 0.25) is 5.91 Å². The molecule has 0 aromatic rings. The van der Waals surface area contributed by atoms with Crippen molar-refractivity contribution in [3.63, 3.8) is 0 Å². The van der Waals surface area contributed by atoms with Gasteiger partial charge in [0.1, 0.15) is 0 Å². The Labute approximate surface area is 106 Å². The Bertz CT molecular complexity index is 230. The van der Waals surface area contributed by atoms with E-state index in [1.54, 1.807) is 0 Å². The van der Waals surface area contributed by atoms with Crippen molar-refractivity contribution >= 4 is 5.91 Å². The molecule has 1 amide bonds. The number of carbonyl (C=O) groups excluding carboxylic acids is 1. The van der Waals surface area contributed by atoms with Crippen LogP contribution in [-0.4, -0.2) is 47.9 Å². The summed E-state index contributed by atoms with van der Waals surface area (Å²) in [6, 6.07) is 0.704. The number of amides is 1. The van der Waals surface area contributed by atoms with E-state index in [-0.39, 0.29) is 5.92 Å². The van der Waals surface area contributed by atoms with E-state index < -0.39 is 0 Å². The summed E-state index contributed by atoms with van der Waals surface area (Å²) >= 11 is 0. The van der Waals surface area contributed by atoms with E-state index in [1.807, 2.05) is 11.8 Å². The molecule has 0 radical (unpaired) electrons. The molecule has 0 saturated carbocycles. The van der Waals surface area contributed by atoms with Crippen molar-refractivity contribution in [1.82, 2.24) is 9.80 Å². The quantitative estimate of drug-likeness (QED) is 0.736. The lowest BCUT2D eigenvalue weighted by molar-refractivity contribution is -0.137. The molecule has 1 fully saturated rings. The molecule has 1 atom stereocenters. The Kier molecular flexibility index (Phi) is 5.96. The average molecular weight is 240 g/mol. The third-order valence-corrected chi connectivity index (χ3v) is 4.12. The van der Waals surface area contributed by atoms with E-state index in [0.29, 0.717) is 11.9 Å². The Morgan fingerprint density at radius 1 is 1.00 bits per heavy atom. The maximum Gasteiger partial charge on any atom is 0.225 e. The summed E-state index contributed by atoms with van der Waals surface area (Å²) in [6.45, 7) is 12.6. The number of piperazine rings is 1.